The number of carbonyl (C=O) groups is 1. The molecule has 0 unspecified atom stereocenters. The van der Waals surface area contributed by atoms with Crippen LogP contribution in [-0.4, -0.2) is 16.1 Å². The molecule has 0 fully saturated rings. The molecule has 3 nitrogen and oxygen atoms in total. The third kappa shape index (κ3) is 1.27. The highest BCUT2D eigenvalue weighted by Crippen LogP contribution is 2.25. The normalized spacial score (nSPS) is 12.9. The highest BCUT2D eigenvalue weighted by Gasteiger charge is 2.16. The molecule has 2 aromatic rings. The Balaban J connectivity index is 2.58. The number of H-pyrrole nitrogens is 1. The second-order valence-corrected chi connectivity index (χ2v) is 3.35. The van der Waals surface area contributed by atoms with Crippen molar-refractivity contribution in [2.45, 2.75) is 12.8 Å². The number of rotatable bonds is 2. The van der Waals surface area contributed by atoms with Gasteiger partial charge in [-0.2, -0.15) is 0 Å². The summed E-state index contributed by atoms with van der Waals surface area (Å²) in [5.74, 6) is -1.26. The molecule has 0 bridgehead atoms. The molecule has 0 radical (unpaired) electrons. The predicted octanol–water partition coefficient (Wildman–Crippen LogP) is 2.36. The zero-order chi connectivity index (χ0) is 10.1. The number of hydrogen-bond acceptors (Lipinski definition) is 1. The van der Waals surface area contributed by atoms with Gasteiger partial charge in [-0.1, -0.05) is 18.2 Å². The van der Waals surface area contributed by atoms with Crippen LogP contribution in [0, 0.1) is 0 Å². The molecule has 3 heteroatoms. The van der Waals surface area contributed by atoms with Crippen molar-refractivity contribution in [2.24, 2.45) is 0 Å². The number of carboxylic acids is 1. The summed E-state index contributed by atoms with van der Waals surface area (Å²) in [6.07, 6.45) is 1.77. The zero-order valence-electron chi connectivity index (χ0n) is 7.82. The van der Waals surface area contributed by atoms with Gasteiger partial charge in [0.25, 0.3) is 0 Å². The van der Waals surface area contributed by atoms with E-state index in [1.54, 1.807) is 13.1 Å². The molecular weight excluding hydrogens is 178 g/mol. The topological polar surface area (TPSA) is 53.1 Å². The number of benzene rings is 1. The van der Waals surface area contributed by atoms with E-state index in [0.29, 0.717) is 0 Å². The SMILES string of the molecule is C[C@H](C(=O)O)c1c[nH]c2ccccc12. The molecule has 1 aromatic carbocycles. The van der Waals surface area contributed by atoms with Crippen molar-refractivity contribution >= 4 is 16.9 Å². The first-order chi connectivity index (χ1) is 6.70. The summed E-state index contributed by atoms with van der Waals surface area (Å²) in [6.45, 7) is 1.69. The molecule has 0 saturated carbocycles. The minimum atomic E-state index is -0.797. The molecule has 1 heterocycles. The van der Waals surface area contributed by atoms with Crippen LogP contribution in [0.1, 0.15) is 18.4 Å². The fourth-order valence-electron chi connectivity index (χ4n) is 1.59. The maximum absolute atomic E-state index is 10.8. The number of hydrogen-bond donors (Lipinski definition) is 2. The van der Waals surface area contributed by atoms with E-state index < -0.39 is 11.9 Å². The Bertz CT molecular complexity index is 473. The Morgan fingerprint density at radius 2 is 2.14 bits per heavy atom. The molecule has 0 aliphatic carbocycles. The third-order valence-corrected chi connectivity index (χ3v) is 2.46. The number of fused-ring (bicyclic) bond motifs is 1. The molecule has 2 N–H and O–H groups in total. The molecule has 0 amide bonds. The Morgan fingerprint density at radius 3 is 2.86 bits per heavy atom. The molecular formula is C11H11NO2. The number of para-hydroxylation sites is 1. The van der Waals surface area contributed by atoms with Crippen molar-refractivity contribution in [2.75, 3.05) is 0 Å². The fourth-order valence-corrected chi connectivity index (χ4v) is 1.59. The van der Waals surface area contributed by atoms with E-state index in [1.165, 1.54) is 0 Å². The van der Waals surface area contributed by atoms with Crippen molar-refractivity contribution in [1.29, 1.82) is 0 Å². The van der Waals surface area contributed by atoms with Crippen molar-refractivity contribution in [3.05, 3.63) is 36.0 Å². The van der Waals surface area contributed by atoms with E-state index in [2.05, 4.69) is 4.98 Å². The Kier molecular flexibility index (Phi) is 2.00. The van der Waals surface area contributed by atoms with E-state index in [9.17, 15) is 4.79 Å². The molecule has 72 valence electrons. The average Bonchev–Trinajstić information content (AvgIpc) is 2.60. The summed E-state index contributed by atoms with van der Waals surface area (Å²) in [6, 6.07) is 7.70. The molecule has 0 aliphatic rings. The standard InChI is InChI=1S/C11H11NO2/c1-7(11(13)14)9-6-12-10-5-3-2-4-8(9)10/h2-7,12H,1H3,(H,13,14)/t7-/m0/s1. The average molecular weight is 189 g/mol. The molecule has 0 spiro atoms. The summed E-state index contributed by atoms with van der Waals surface area (Å²) in [5, 5.41) is 9.89. The van der Waals surface area contributed by atoms with Crippen molar-refractivity contribution in [3.8, 4) is 0 Å². The number of aliphatic carboxylic acids is 1. The Morgan fingerprint density at radius 1 is 1.43 bits per heavy atom. The summed E-state index contributed by atoms with van der Waals surface area (Å²) >= 11 is 0. The van der Waals surface area contributed by atoms with Gasteiger partial charge in [-0.05, 0) is 18.6 Å². The molecule has 2 rings (SSSR count). The van der Waals surface area contributed by atoms with Crippen LogP contribution in [0.15, 0.2) is 30.5 Å². The van der Waals surface area contributed by atoms with Gasteiger partial charge in [0.15, 0.2) is 0 Å². The lowest BCUT2D eigenvalue weighted by Gasteiger charge is -2.03. The molecule has 0 saturated heterocycles. The van der Waals surface area contributed by atoms with E-state index in [4.69, 9.17) is 5.11 Å². The van der Waals surface area contributed by atoms with Gasteiger partial charge >= 0.3 is 5.97 Å². The van der Waals surface area contributed by atoms with E-state index in [-0.39, 0.29) is 0 Å². The lowest BCUT2D eigenvalue weighted by Crippen LogP contribution is -2.06. The number of aromatic nitrogens is 1. The Hall–Kier alpha value is -1.77. The van der Waals surface area contributed by atoms with Crippen LogP contribution >= 0.6 is 0 Å². The minimum absolute atomic E-state index is 0.467. The van der Waals surface area contributed by atoms with E-state index in [0.717, 1.165) is 16.5 Å². The van der Waals surface area contributed by atoms with E-state index in [1.807, 2.05) is 24.3 Å². The first-order valence-electron chi connectivity index (χ1n) is 4.49. The first-order valence-corrected chi connectivity index (χ1v) is 4.49. The van der Waals surface area contributed by atoms with Crippen molar-refractivity contribution in [3.63, 3.8) is 0 Å². The van der Waals surface area contributed by atoms with Crippen LogP contribution in [-0.2, 0) is 4.79 Å². The van der Waals surface area contributed by atoms with Crippen LogP contribution in [0.4, 0.5) is 0 Å². The monoisotopic (exact) mass is 189 g/mol. The van der Waals surface area contributed by atoms with E-state index >= 15 is 0 Å². The van der Waals surface area contributed by atoms with Crippen molar-refractivity contribution < 1.29 is 9.90 Å². The maximum atomic E-state index is 10.8. The van der Waals surface area contributed by atoms with Gasteiger partial charge < -0.3 is 10.1 Å². The summed E-state index contributed by atoms with van der Waals surface area (Å²) in [4.78, 5) is 13.9. The first kappa shape index (κ1) is 8.81. The molecule has 0 aliphatic heterocycles. The van der Waals surface area contributed by atoms with Gasteiger partial charge in [0.05, 0.1) is 5.92 Å². The number of carboxylic acid groups (broad SMARTS) is 1. The minimum Gasteiger partial charge on any atom is -0.481 e. The number of nitrogens with one attached hydrogen (secondary N) is 1. The molecule has 1 aromatic heterocycles. The Labute approximate surface area is 81.4 Å². The highest BCUT2D eigenvalue weighted by molar-refractivity contribution is 5.89. The third-order valence-electron chi connectivity index (χ3n) is 2.46. The molecule has 1 atom stereocenters. The molecule has 14 heavy (non-hydrogen) atoms. The maximum Gasteiger partial charge on any atom is 0.310 e. The van der Waals surface area contributed by atoms with Crippen LogP contribution in [0.3, 0.4) is 0 Å². The smallest absolute Gasteiger partial charge is 0.310 e. The van der Waals surface area contributed by atoms with Gasteiger partial charge in [-0.3, -0.25) is 4.79 Å². The summed E-state index contributed by atoms with van der Waals surface area (Å²) in [5.41, 5.74) is 1.82. The van der Waals surface area contributed by atoms with Gasteiger partial charge in [-0.15, -0.1) is 0 Å². The van der Waals surface area contributed by atoms with Crippen LogP contribution in [0.5, 0.6) is 0 Å². The van der Waals surface area contributed by atoms with Crippen molar-refractivity contribution in [1.82, 2.24) is 4.98 Å². The van der Waals surface area contributed by atoms with Gasteiger partial charge in [0, 0.05) is 17.1 Å². The zero-order valence-corrected chi connectivity index (χ0v) is 7.82. The van der Waals surface area contributed by atoms with Gasteiger partial charge in [0.2, 0.25) is 0 Å². The number of aromatic amines is 1. The largest absolute Gasteiger partial charge is 0.481 e. The lowest BCUT2D eigenvalue weighted by molar-refractivity contribution is -0.138. The van der Waals surface area contributed by atoms with Crippen LogP contribution in [0.2, 0.25) is 0 Å². The quantitative estimate of drug-likeness (QED) is 0.761. The predicted molar refractivity (Wildman–Crippen MR) is 54.3 cm³/mol. The highest BCUT2D eigenvalue weighted by atomic mass is 16.4. The van der Waals surface area contributed by atoms with Gasteiger partial charge in [-0.25, -0.2) is 0 Å². The van der Waals surface area contributed by atoms with Crippen LogP contribution in [0.25, 0.3) is 10.9 Å². The van der Waals surface area contributed by atoms with Gasteiger partial charge in [0.1, 0.15) is 0 Å². The summed E-state index contributed by atoms with van der Waals surface area (Å²) < 4.78 is 0. The second kappa shape index (κ2) is 3.18. The second-order valence-electron chi connectivity index (χ2n) is 3.35. The lowest BCUT2D eigenvalue weighted by atomic mass is 10.0. The summed E-state index contributed by atoms with van der Waals surface area (Å²) in [7, 11) is 0. The van der Waals surface area contributed by atoms with Crippen LogP contribution < -0.4 is 0 Å². The fraction of sp³-hybridized carbons (Fsp3) is 0.182.